The highest BCUT2D eigenvalue weighted by atomic mass is 16.5. The van der Waals surface area contributed by atoms with Gasteiger partial charge >= 0.3 is 5.97 Å². The maximum Gasteiger partial charge on any atom is 0.307 e. The topological polar surface area (TPSA) is 88.7 Å². The Morgan fingerprint density at radius 1 is 1.29 bits per heavy atom. The average Bonchev–Trinajstić information content (AvgIpc) is 3.18. The predicted octanol–water partition coefficient (Wildman–Crippen LogP) is 5.17. The predicted molar refractivity (Wildman–Crippen MR) is 132 cm³/mol. The number of carboxylic acid groups (broad SMARTS) is 1. The summed E-state index contributed by atoms with van der Waals surface area (Å²) in [5, 5.41) is 9.10. The van der Waals surface area contributed by atoms with Crippen molar-refractivity contribution < 1.29 is 19.1 Å². The Balaban J connectivity index is 1.45. The summed E-state index contributed by atoms with van der Waals surface area (Å²) < 4.78 is 12.1. The highest BCUT2D eigenvalue weighted by molar-refractivity contribution is 5.77. The van der Waals surface area contributed by atoms with Crippen LogP contribution in [0.15, 0.2) is 47.0 Å². The number of anilines is 1. The number of pyridine rings is 1. The molecule has 2 aromatic heterocycles. The molecule has 0 fully saturated rings. The number of fused-ring (bicyclic) bond motifs is 1. The van der Waals surface area contributed by atoms with Gasteiger partial charge in [-0.05, 0) is 55.0 Å². The summed E-state index contributed by atoms with van der Waals surface area (Å²) in [5.74, 6) is 2.59. The van der Waals surface area contributed by atoms with Crippen molar-refractivity contribution in [3.05, 3.63) is 65.2 Å². The normalized spacial score (nSPS) is 16.4. The first kappa shape index (κ1) is 23.5. The van der Waals surface area contributed by atoms with Crippen LogP contribution in [-0.4, -0.2) is 41.7 Å². The summed E-state index contributed by atoms with van der Waals surface area (Å²) in [7, 11) is 3.90. The molecule has 0 amide bonds. The average molecular weight is 462 g/mol. The van der Waals surface area contributed by atoms with Crippen molar-refractivity contribution in [1.29, 1.82) is 0 Å². The van der Waals surface area contributed by atoms with Gasteiger partial charge in [-0.25, -0.2) is 9.97 Å². The largest absolute Gasteiger partial charge is 0.493 e. The monoisotopic (exact) mass is 461 g/mol. The highest BCUT2D eigenvalue weighted by Crippen LogP contribution is 2.39. The number of rotatable bonds is 8. The summed E-state index contributed by atoms with van der Waals surface area (Å²) in [6, 6.07) is 9.93. The van der Waals surface area contributed by atoms with Crippen molar-refractivity contribution in [2.75, 3.05) is 25.6 Å². The molecule has 7 heteroatoms. The van der Waals surface area contributed by atoms with Crippen molar-refractivity contribution >= 4 is 17.4 Å². The third-order valence-corrected chi connectivity index (χ3v) is 6.24. The van der Waals surface area contributed by atoms with Crippen LogP contribution in [0.3, 0.4) is 0 Å². The lowest BCUT2D eigenvalue weighted by atomic mass is 9.79. The molecule has 1 aromatic carbocycles. The van der Waals surface area contributed by atoms with Crippen molar-refractivity contribution in [3.63, 3.8) is 0 Å². The zero-order valence-corrected chi connectivity index (χ0v) is 20.2. The molecule has 0 saturated carbocycles. The number of aliphatic carboxylic acids is 1. The molecule has 0 saturated heterocycles. The zero-order chi connectivity index (χ0) is 24.2. The standard InChI is InChI=1S/C27H31N3O4/c1-17-8-10-22-21(20(17)11-13-26(31)32)6-5-7-24(22)33-15-14-23-18(2)34-27(29-23)19-9-12-25(28-16-19)30(3)4/h5-7,9,11-12,16-17H,8,10,13-15H2,1-4H3,(H,31,32)/b20-11-. The van der Waals surface area contributed by atoms with E-state index in [0.717, 1.165) is 58.1 Å². The van der Waals surface area contributed by atoms with Crippen molar-refractivity contribution in [2.24, 2.45) is 5.92 Å². The number of hydrogen-bond acceptors (Lipinski definition) is 6. The molecule has 7 nitrogen and oxygen atoms in total. The molecule has 1 N–H and O–H groups in total. The maximum atomic E-state index is 11.1. The molecule has 1 unspecified atom stereocenters. The molecule has 0 spiro atoms. The van der Waals surface area contributed by atoms with Crippen LogP contribution in [0.2, 0.25) is 0 Å². The molecule has 178 valence electrons. The minimum Gasteiger partial charge on any atom is -0.493 e. The second-order valence-corrected chi connectivity index (χ2v) is 8.90. The number of hydrogen-bond donors (Lipinski definition) is 1. The third kappa shape index (κ3) is 5.14. The Labute approximate surface area is 200 Å². The fourth-order valence-corrected chi connectivity index (χ4v) is 4.34. The van der Waals surface area contributed by atoms with E-state index in [1.54, 1.807) is 6.20 Å². The van der Waals surface area contributed by atoms with Crippen LogP contribution in [0, 0.1) is 12.8 Å². The maximum absolute atomic E-state index is 11.1. The van der Waals surface area contributed by atoms with Crippen LogP contribution < -0.4 is 9.64 Å². The summed E-state index contributed by atoms with van der Waals surface area (Å²) in [6.07, 6.45) is 6.17. The van der Waals surface area contributed by atoms with Gasteiger partial charge in [-0.1, -0.05) is 25.1 Å². The fourth-order valence-electron chi connectivity index (χ4n) is 4.34. The van der Waals surface area contributed by atoms with E-state index >= 15 is 0 Å². The summed E-state index contributed by atoms with van der Waals surface area (Å²) >= 11 is 0. The smallest absolute Gasteiger partial charge is 0.307 e. The minimum absolute atomic E-state index is 0.0331. The Bertz CT molecular complexity index is 1200. The summed E-state index contributed by atoms with van der Waals surface area (Å²) in [6.45, 7) is 4.54. The summed E-state index contributed by atoms with van der Waals surface area (Å²) in [4.78, 5) is 22.1. The van der Waals surface area contributed by atoms with Crippen molar-refractivity contribution in [2.45, 2.75) is 39.5 Å². The molecule has 3 aromatic rings. The van der Waals surface area contributed by atoms with Crippen LogP contribution in [0.1, 0.15) is 42.3 Å². The molecular formula is C27H31N3O4. The zero-order valence-electron chi connectivity index (χ0n) is 20.2. The van der Waals surface area contributed by atoms with E-state index in [-0.39, 0.29) is 6.42 Å². The second kappa shape index (κ2) is 10.1. The number of aromatic nitrogens is 2. The van der Waals surface area contributed by atoms with Crippen LogP contribution in [0.25, 0.3) is 17.0 Å². The van der Waals surface area contributed by atoms with Crippen LogP contribution in [-0.2, 0) is 17.6 Å². The Kier molecular flexibility index (Phi) is 7.01. The first-order valence-electron chi connectivity index (χ1n) is 11.6. The Morgan fingerprint density at radius 2 is 2.12 bits per heavy atom. The quantitative estimate of drug-likeness (QED) is 0.495. The van der Waals surface area contributed by atoms with Crippen LogP contribution in [0.4, 0.5) is 5.82 Å². The third-order valence-electron chi connectivity index (χ3n) is 6.24. The van der Waals surface area contributed by atoms with E-state index < -0.39 is 5.97 Å². The number of benzene rings is 1. The molecule has 1 aliphatic rings. The number of oxazole rings is 1. The highest BCUT2D eigenvalue weighted by Gasteiger charge is 2.23. The van der Waals surface area contributed by atoms with Gasteiger partial charge in [-0.15, -0.1) is 0 Å². The van der Waals surface area contributed by atoms with Crippen molar-refractivity contribution in [1.82, 2.24) is 9.97 Å². The molecule has 0 bridgehead atoms. The number of aryl methyl sites for hydroxylation is 1. The lowest BCUT2D eigenvalue weighted by Crippen LogP contribution is -2.13. The van der Waals surface area contributed by atoms with Gasteiger partial charge in [-0.2, -0.15) is 0 Å². The molecule has 2 heterocycles. The lowest BCUT2D eigenvalue weighted by Gasteiger charge is -2.27. The molecule has 34 heavy (non-hydrogen) atoms. The number of ether oxygens (including phenoxy) is 1. The first-order chi connectivity index (χ1) is 16.3. The fraction of sp³-hybridized carbons (Fsp3) is 0.370. The lowest BCUT2D eigenvalue weighted by molar-refractivity contribution is -0.136. The van der Waals surface area contributed by atoms with Gasteiger partial charge < -0.3 is 19.2 Å². The van der Waals surface area contributed by atoms with E-state index in [0.29, 0.717) is 24.8 Å². The Morgan fingerprint density at radius 3 is 2.82 bits per heavy atom. The van der Waals surface area contributed by atoms with Gasteiger partial charge in [0.15, 0.2) is 0 Å². The SMILES string of the molecule is Cc1oc(-c2ccc(N(C)C)nc2)nc1CCOc1cccc2c1CCC(C)/C2=C/CC(=O)O. The van der Waals surface area contributed by atoms with Gasteiger partial charge in [0.25, 0.3) is 0 Å². The van der Waals surface area contributed by atoms with E-state index in [4.69, 9.17) is 14.3 Å². The molecule has 1 atom stereocenters. The minimum atomic E-state index is -0.814. The van der Waals surface area contributed by atoms with Crippen LogP contribution in [0.5, 0.6) is 5.75 Å². The molecule has 1 aliphatic carbocycles. The number of nitrogens with zero attached hydrogens (tertiary/aromatic N) is 3. The van der Waals surface area contributed by atoms with Crippen LogP contribution >= 0.6 is 0 Å². The van der Waals surface area contributed by atoms with Gasteiger partial charge in [0.2, 0.25) is 5.89 Å². The Hall–Kier alpha value is -3.61. The number of carboxylic acids is 1. The molecular weight excluding hydrogens is 430 g/mol. The molecule has 0 aliphatic heterocycles. The summed E-state index contributed by atoms with van der Waals surface area (Å²) in [5.41, 5.74) is 5.06. The van der Waals surface area contributed by atoms with E-state index in [9.17, 15) is 4.79 Å². The van der Waals surface area contributed by atoms with Crippen molar-refractivity contribution in [3.8, 4) is 17.2 Å². The van der Waals surface area contributed by atoms with Gasteiger partial charge in [0.1, 0.15) is 17.3 Å². The van der Waals surface area contributed by atoms with E-state index in [1.165, 1.54) is 0 Å². The van der Waals surface area contributed by atoms with E-state index in [2.05, 4.69) is 23.0 Å². The second-order valence-electron chi connectivity index (χ2n) is 8.90. The van der Waals surface area contributed by atoms with E-state index in [1.807, 2.05) is 56.3 Å². The first-order valence-corrected chi connectivity index (χ1v) is 11.6. The van der Waals surface area contributed by atoms with Gasteiger partial charge in [0.05, 0.1) is 24.3 Å². The van der Waals surface area contributed by atoms with Gasteiger partial charge in [-0.3, -0.25) is 4.79 Å². The molecule has 0 radical (unpaired) electrons. The number of allylic oxidation sites excluding steroid dienone is 1. The number of carbonyl (C=O) groups is 1. The van der Waals surface area contributed by atoms with Gasteiger partial charge in [0, 0.05) is 32.3 Å². The molecule has 4 rings (SSSR count).